The number of aryl methyl sites for hydroxylation is 2. The van der Waals surface area contributed by atoms with Crippen molar-refractivity contribution in [2.45, 2.75) is 13.8 Å². The fourth-order valence-corrected chi connectivity index (χ4v) is 2.45. The van der Waals surface area contributed by atoms with Crippen LogP contribution in [0, 0.1) is 25.7 Å². The largest absolute Gasteiger partial charge is 0.299 e. The first-order valence-electron chi connectivity index (χ1n) is 6.50. The topological polar surface area (TPSA) is 30.7 Å². The van der Waals surface area contributed by atoms with Gasteiger partial charge in [-0.25, -0.2) is 4.98 Å². The molecule has 0 aliphatic rings. The highest BCUT2D eigenvalue weighted by atomic mass is 19.1. The molecule has 3 rings (SSSR count). The lowest BCUT2D eigenvalue weighted by Gasteiger charge is -2.14. The van der Waals surface area contributed by atoms with Crippen LogP contribution in [-0.4, -0.2) is 14.5 Å². The Morgan fingerprint density at radius 2 is 1.71 bits per heavy atom. The molecule has 1 aromatic carbocycles. The van der Waals surface area contributed by atoms with Gasteiger partial charge in [-0.2, -0.15) is 13.8 Å². The lowest BCUT2D eigenvalue weighted by Crippen LogP contribution is -2.03. The molecule has 0 fully saturated rings. The summed E-state index contributed by atoms with van der Waals surface area (Å²) >= 11 is 0. The second kappa shape index (κ2) is 5.09. The van der Waals surface area contributed by atoms with Crippen LogP contribution in [0.25, 0.3) is 17.1 Å². The van der Waals surface area contributed by atoms with Gasteiger partial charge in [0, 0.05) is 12.4 Å². The summed E-state index contributed by atoms with van der Waals surface area (Å²) in [6.07, 6.45) is 3.34. The van der Waals surface area contributed by atoms with E-state index in [0.717, 1.165) is 22.9 Å². The molecule has 2 heterocycles. The molecule has 0 saturated heterocycles. The summed E-state index contributed by atoms with van der Waals surface area (Å²) in [5.74, 6) is -1.31. The summed E-state index contributed by atoms with van der Waals surface area (Å²) in [5.41, 5.74) is 3.20. The Morgan fingerprint density at radius 3 is 2.38 bits per heavy atom. The third kappa shape index (κ3) is 2.31. The lowest BCUT2D eigenvalue weighted by molar-refractivity contribution is 0.514. The van der Waals surface area contributed by atoms with E-state index in [-0.39, 0.29) is 5.56 Å². The fourth-order valence-electron chi connectivity index (χ4n) is 2.45. The zero-order chi connectivity index (χ0) is 15.0. The highest BCUT2D eigenvalue weighted by Gasteiger charge is 2.16. The maximum atomic E-state index is 13.9. The molecule has 0 radical (unpaired) electrons. The Morgan fingerprint density at radius 1 is 1.00 bits per heavy atom. The number of halogens is 2. The van der Waals surface area contributed by atoms with Crippen LogP contribution in [-0.2, 0) is 0 Å². The van der Waals surface area contributed by atoms with Crippen LogP contribution in [0.2, 0.25) is 0 Å². The highest BCUT2D eigenvalue weighted by molar-refractivity contribution is 5.60. The predicted molar refractivity (Wildman–Crippen MR) is 76.2 cm³/mol. The minimum Gasteiger partial charge on any atom is -0.299 e. The maximum Gasteiger partial charge on any atom is 0.226 e. The average Bonchev–Trinajstić information content (AvgIpc) is 2.87. The van der Waals surface area contributed by atoms with Gasteiger partial charge in [-0.3, -0.25) is 4.57 Å². The second-order valence-electron chi connectivity index (χ2n) is 4.83. The van der Waals surface area contributed by atoms with Crippen molar-refractivity contribution in [3.8, 4) is 17.1 Å². The molecule has 5 heteroatoms. The number of hydrogen-bond acceptors (Lipinski definition) is 2. The molecule has 0 atom stereocenters. The van der Waals surface area contributed by atoms with Crippen molar-refractivity contribution in [2.75, 3.05) is 0 Å². The molecule has 0 unspecified atom stereocenters. The zero-order valence-electron chi connectivity index (χ0n) is 11.6. The minimum absolute atomic E-state index is 0.170. The van der Waals surface area contributed by atoms with Gasteiger partial charge < -0.3 is 0 Å². The normalized spacial score (nSPS) is 10.9. The summed E-state index contributed by atoms with van der Waals surface area (Å²) in [6, 6.07) is 8.40. The molecule has 0 aliphatic carbocycles. The lowest BCUT2D eigenvalue weighted by atomic mass is 10.1. The molecule has 0 amide bonds. The first kappa shape index (κ1) is 13.4. The summed E-state index contributed by atoms with van der Waals surface area (Å²) in [5, 5.41) is 0. The quantitative estimate of drug-likeness (QED) is 0.670. The molecule has 21 heavy (non-hydrogen) atoms. The number of hydrogen-bond donors (Lipinski definition) is 0. The van der Waals surface area contributed by atoms with Gasteiger partial charge in [0.05, 0.1) is 11.3 Å². The molecule has 0 aliphatic heterocycles. The molecule has 3 nitrogen and oxygen atoms in total. The number of aromatic nitrogens is 3. The predicted octanol–water partition coefficient (Wildman–Crippen LogP) is 3.83. The summed E-state index contributed by atoms with van der Waals surface area (Å²) in [7, 11) is 0. The average molecular weight is 285 g/mol. The SMILES string of the molecule is Cc1cccc(C)c1-n1ccnc1-c1ccc(F)nc1F. The Bertz CT molecular complexity index is 789. The van der Waals surface area contributed by atoms with Crippen LogP contribution in [0.15, 0.2) is 42.7 Å². The minimum atomic E-state index is -0.867. The van der Waals surface area contributed by atoms with Gasteiger partial charge in [0.15, 0.2) is 0 Å². The van der Waals surface area contributed by atoms with E-state index in [1.54, 1.807) is 17.0 Å². The third-order valence-electron chi connectivity index (χ3n) is 3.38. The van der Waals surface area contributed by atoms with E-state index in [9.17, 15) is 8.78 Å². The standard InChI is InChI=1S/C16H13F2N3/c1-10-4-3-5-11(2)14(10)21-9-8-19-16(21)12-6-7-13(17)20-15(12)18/h3-9H,1-2H3. The zero-order valence-corrected chi connectivity index (χ0v) is 11.6. The number of nitrogens with zero attached hydrogens (tertiary/aromatic N) is 3. The van der Waals surface area contributed by atoms with Crippen molar-refractivity contribution in [3.63, 3.8) is 0 Å². The Labute approximate surface area is 120 Å². The van der Waals surface area contributed by atoms with Crippen LogP contribution >= 0.6 is 0 Å². The fraction of sp³-hybridized carbons (Fsp3) is 0.125. The van der Waals surface area contributed by atoms with Crippen molar-refractivity contribution >= 4 is 0 Å². The smallest absolute Gasteiger partial charge is 0.226 e. The van der Waals surface area contributed by atoms with Crippen LogP contribution in [0.3, 0.4) is 0 Å². The summed E-state index contributed by atoms with van der Waals surface area (Å²) in [6.45, 7) is 3.96. The molecule has 2 aromatic heterocycles. The Hall–Kier alpha value is -2.56. The Kier molecular flexibility index (Phi) is 3.25. The van der Waals surface area contributed by atoms with E-state index >= 15 is 0 Å². The number of imidazole rings is 1. The highest BCUT2D eigenvalue weighted by Crippen LogP contribution is 2.26. The van der Waals surface area contributed by atoms with Gasteiger partial charge in [-0.05, 0) is 37.1 Å². The van der Waals surface area contributed by atoms with Crippen molar-refractivity contribution < 1.29 is 8.78 Å². The maximum absolute atomic E-state index is 13.9. The molecular formula is C16H13F2N3. The van der Waals surface area contributed by atoms with E-state index in [1.165, 1.54) is 6.07 Å². The van der Waals surface area contributed by atoms with Gasteiger partial charge in [-0.1, -0.05) is 18.2 Å². The van der Waals surface area contributed by atoms with Gasteiger partial charge >= 0.3 is 0 Å². The van der Waals surface area contributed by atoms with E-state index in [2.05, 4.69) is 9.97 Å². The number of rotatable bonds is 2. The Balaban J connectivity index is 2.22. The molecule has 3 aromatic rings. The van der Waals surface area contributed by atoms with Gasteiger partial charge in [0.25, 0.3) is 0 Å². The number of pyridine rings is 1. The van der Waals surface area contributed by atoms with Gasteiger partial charge in [0.1, 0.15) is 5.82 Å². The summed E-state index contributed by atoms with van der Waals surface area (Å²) in [4.78, 5) is 7.42. The van der Waals surface area contributed by atoms with Gasteiger partial charge in [0.2, 0.25) is 11.9 Å². The molecule has 106 valence electrons. The number of benzene rings is 1. The van der Waals surface area contributed by atoms with Crippen LogP contribution in [0.1, 0.15) is 11.1 Å². The van der Waals surface area contributed by atoms with Crippen molar-refractivity contribution in [2.24, 2.45) is 0 Å². The van der Waals surface area contributed by atoms with Crippen LogP contribution < -0.4 is 0 Å². The molecule has 0 N–H and O–H groups in total. The molecule has 0 saturated carbocycles. The monoisotopic (exact) mass is 285 g/mol. The third-order valence-corrected chi connectivity index (χ3v) is 3.38. The molecular weight excluding hydrogens is 272 g/mol. The van der Waals surface area contributed by atoms with E-state index in [0.29, 0.717) is 5.82 Å². The van der Waals surface area contributed by atoms with Crippen LogP contribution in [0.5, 0.6) is 0 Å². The molecule has 0 bridgehead atoms. The van der Waals surface area contributed by atoms with E-state index in [4.69, 9.17) is 0 Å². The first-order chi connectivity index (χ1) is 10.1. The molecule has 0 spiro atoms. The second-order valence-corrected chi connectivity index (χ2v) is 4.83. The first-order valence-corrected chi connectivity index (χ1v) is 6.50. The van der Waals surface area contributed by atoms with E-state index < -0.39 is 11.9 Å². The van der Waals surface area contributed by atoms with Crippen molar-refractivity contribution in [1.29, 1.82) is 0 Å². The van der Waals surface area contributed by atoms with Crippen LogP contribution in [0.4, 0.5) is 8.78 Å². The number of para-hydroxylation sites is 1. The van der Waals surface area contributed by atoms with Crippen molar-refractivity contribution in [3.05, 3.63) is 65.7 Å². The van der Waals surface area contributed by atoms with E-state index in [1.807, 2.05) is 32.0 Å². The summed E-state index contributed by atoms with van der Waals surface area (Å²) < 4.78 is 28.7. The van der Waals surface area contributed by atoms with Gasteiger partial charge in [-0.15, -0.1) is 0 Å². The van der Waals surface area contributed by atoms with Crippen molar-refractivity contribution in [1.82, 2.24) is 14.5 Å².